The van der Waals surface area contributed by atoms with Crippen molar-refractivity contribution in [1.29, 1.82) is 0 Å². The van der Waals surface area contributed by atoms with Crippen molar-refractivity contribution in [2.45, 2.75) is 18.6 Å². The summed E-state index contributed by atoms with van der Waals surface area (Å²) in [5.74, 6) is -3.48. The Labute approximate surface area is 110 Å². The fourth-order valence-corrected chi connectivity index (χ4v) is 1.30. The minimum atomic E-state index is -5.16. The molecule has 9 heteroatoms. The van der Waals surface area contributed by atoms with Crippen LogP contribution in [0.3, 0.4) is 0 Å². The first-order chi connectivity index (χ1) is 8.59. The van der Waals surface area contributed by atoms with Gasteiger partial charge in [-0.1, -0.05) is 11.6 Å². The second-order valence-electron chi connectivity index (χ2n) is 3.74. The van der Waals surface area contributed by atoms with Crippen LogP contribution >= 0.6 is 11.6 Å². The molecule has 2 N–H and O–H groups in total. The minimum absolute atomic E-state index is 0.185. The highest BCUT2D eigenvalue weighted by molar-refractivity contribution is 6.33. The third-order valence-corrected chi connectivity index (χ3v) is 2.68. The molecule has 0 bridgehead atoms. The second kappa shape index (κ2) is 5.04. The highest BCUT2D eigenvalue weighted by Crippen LogP contribution is 2.31. The lowest BCUT2D eigenvalue weighted by atomic mass is 10.0. The number of carbonyl (C=O) groups excluding carboxylic acids is 1. The molecule has 1 atom stereocenters. The lowest BCUT2D eigenvalue weighted by molar-refractivity contribution is -0.203. The molecule has 1 heterocycles. The van der Waals surface area contributed by atoms with E-state index in [2.05, 4.69) is 4.98 Å². The van der Waals surface area contributed by atoms with Gasteiger partial charge in [0.05, 0.1) is 10.6 Å². The van der Waals surface area contributed by atoms with Crippen LogP contribution in [0.15, 0.2) is 18.5 Å². The number of rotatable bonds is 3. The Morgan fingerprint density at radius 1 is 1.42 bits per heavy atom. The summed E-state index contributed by atoms with van der Waals surface area (Å²) in [5, 5.41) is 9.88. The largest absolute Gasteiger partial charge is 0.479 e. The zero-order valence-corrected chi connectivity index (χ0v) is 10.2. The molecule has 0 radical (unpaired) electrons. The van der Waals surface area contributed by atoms with Crippen LogP contribution in [0.2, 0.25) is 5.02 Å². The van der Waals surface area contributed by atoms with E-state index in [0.717, 1.165) is 18.5 Å². The number of halogens is 4. The van der Waals surface area contributed by atoms with E-state index in [9.17, 15) is 22.8 Å². The number of hydrogen-bond donors (Lipinski definition) is 2. The van der Waals surface area contributed by atoms with Gasteiger partial charge in [-0.15, -0.1) is 0 Å². The van der Waals surface area contributed by atoms with Gasteiger partial charge in [-0.25, -0.2) is 4.79 Å². The van der Waals surface area contributed by atoms with Gasteiger partial charge in [0.1, 0.15) is 0 Å². The average Bonchev–Trinajstić information content (AvgIpc) is 2.27. The predicted octanol–water partition coefficient (Wildman–Crippen LogP) is 1.87. The Bertz CT molecular complexity index is 521. The quantitative estimate of drug-likeness (QED) is 0.892. The normalized spacial score (nSPS) is 14.6. The standard InChI is InChI=1S/C10H8ClF3N2O3/c1-9(8(18)19,10(12,13)14)16-7(17)5-2-3-15-4-6(5)11/h2-4H,1H3,(H,16,17)(H,18,19). The predicted molar refractivity (Wildman–Crippen MR) is 58.8 cm³/mol. The monoisotopic (exact) mass is 296 g/mol. The molecule has 0 aliphatic heterocycles. The third-order valence-electron chi connectivity index (χ3n) is 2.38. The number of nitrogens with one attached hydrogen (secondary N) is 1. The SMILES string of the molecule is CC(NC(=O)c1ccncc1Cl)(C(=O)O)C(F)(F)F. The van der Waals surface area contributed by atoms with Crippen molar-refractivity contribution < 1.29 is 27.9 Å². The van der Waals surface area contributed by atoms with Gasteiger partial charge >= 0.3 is 12.1 Å². The molecule has 5 nitrogen and oxygen atoms in total. The Morgan fingerprint density at radius 3 is 2.42 bits per heavy atom. The lowest BCUT2D eigenvalue weighted by Crippen LogP contribution is -2.61. The van der Waals surface area contributed by atoms with Crippen LogP contribution in [-0.2, 0) is 4.79 Å². The maximum atomic E-state index is 12.7. The average molecular weight is 297 g/mol. The molecule has 0 aromatic carbocycles. The molecule has 0 fully saturated rings. The number of aromatic nitrogens is 1. The fourth-order valence-electron chi connectivity index (χ4n) is 1.10. The van der Waals surface area contributed by atoms with E-state index in [1.807, 2.05) is 0 Å². The van der Waals surface area contributed by atoms with Gasteiger partial charge in [0.2, 0.25) is 5.54 Å². The van der Waals surface area contributed by atoms with Gasteiger partial charge in [-0.2, -0.15) is 13.2 Å². The molecule has 104 valence electrons. The number of amides is 1. The van der Waals surface area contributed by atoms with Crippen molar-refractivity contribution in [3.63, 3.8) is 0 Å². The molecule has 1 aromatic rings. The minimum Gasteiger partial charge on any atom is -0.479 e. The molecular formula is C10H8ClF3N2O3. The van der Waals surface area contributed by atoms with E-state index >= 15 is 0 Å². The molecule has 1 unspecified atom stereocenters. The van der Waals surface area contributed by atoms with E-state index in [1.165, 1.54) is 5.32 Å². The second-order valence-corrected chi connectivity index (χ2v) is 4.14. The number of pyridine rings is 1. The molecule has 0 saturated carbocycles. The van der Waals surface area contributed by atoms with Crippen molar-refractivity contribution in [3.8, 4) is 0 Å². The molecule has 0 spiro atoms. The van der Waals surface area contributed by atoms with Gasteiger partial charge in [0.25, 0.3) is 5.91 Å². The Kier molecular flexibility index (Phi) is 4.04. The number of carboxylic acids is 1. The van der Waals surface area contributed by atoms with E-state index in [1.54, 1.807) is 0 Å². The van der Waals surface area contributed by atoms with Crippen LogP contribution in [0, 0.1) is 0 Å². The summed E-state index contributed by atoms with van der Waals surface area (Å²) in [6.45, 7) is 0.350. The molecule has 1 aromatic heterocycles. The van der Waals surface area contributed by atoms with Crippen LogP contribution in [-0.4, -0.2) is 33.7 Å². The van der Waals surface area contributed by atoms with Crippen LogP contribution in [0.25, 0.3) is 0 Å². The smallest absolute Gasteiger partial charge is 0.422 e. The number of alkyl halides is 3. The van der Waals surface area contributed by atoms with Crippen molar-refractivity contribution in [1.82, 2.24) is 10.3 Å². The molecule has 0 aliphatic carbocycles. The van der Waals surface area contributed by atoms with Crippen LogP contribution in [0.1, 0.15) is 17.3 Å². The van der Waals surface area contributed by atoms with E-state index < -0.39 is 23.6 Å². The van der Waals surface area contributed by atoms with Gasteiger partial charge in [0.15, 0.2) is 0 Å². The molecular weight excluding hydrogens is 289 g/mol. The first kappa shape index (κ1) is 15.2. The summed E-state index contributed by atoms with van der Waals surface area (Å²) < 4.78 is 38.1. The van der Waals surface area contributed by atoms with E-state index in [4.69, 9.17) is 16.7 Å². The Morgan fingerprint density at radius 2 is 2.00 bits per heavy atom. The molecule has 0 aliphatic rings. The van der Waals surface area contributed by atoms with Gasteiger partial charge in [-0.3, -0.25) is 9.78 Å². The number of carbonyl (C=O) groups is 2. The summed E-state index contributed by atoms with van der Waals surface area (Å²) in [6.07, 6.45) is -2.96. The van der Waals surface area contributed by atoms with Crippen LogP contribution in [0.5, 0.6) is 0 Å². The first-order valence-corrected chi connectivity index (χ1v) is 5.19. The van der Waals surface area contributed by atoms with E-state index in [0.29, 0.717) is 6.92 Å². The number of nitrogens with zero attached hydrogens (tertiary/aromatic N) is 1. The number of aliphatic carboxylic acids is 1. The first-order valence-electron chi connectivity index (χ1n) is 4.81. The Balaban J connectivity index is 3.10. The van der Waals surface area contributed by atoms with Crippen molar-refractivity contribution in [2.24, 2.45) is 0 Å². The van der Waals surface area contributed by atoms with E-state index in [-0.39, 0.29) is 10.6 Å². The topological polar surface area (TPSA) is 79.3 Å². The van der Waals surface area contributed by atoms with Crippen molar-refractivity contribution in [3.05, 3.63) is 29.0 Å². The maximum absolute atomic E-state index is 12.7. The highest BCUT2D eigenvalue weighted by atomic mass is 35.5. The summed E-state index contributed by atoms with van der Waals surface area (Å²) in [4.78, 5) is 25.9. The van der Waals surface area contributed by atoms with Crippen molar-refractivity contribution in [2.75, 3.05) is 0 Å². The molecule has 1 rings (SSSR count). The van der Waals surface area contributed by atoms with Gasteiger partial charge in [0, 0.05) is 12.4 Å². The molecule has 1 amide bonds. The maximum Gasteiger partial charge on any atom is 0.422 e. The molecule has 0 saturated heterocycles. The van der Waals surface area contributed by atoms with Crippen LogP contribution in [0.4, 0.5) is 13.2 Å². The Hall–Kier alpha value is -1.83. The summed E-state index contributed by atoms with van der Waals surface area (Å²) in [6, 6.07) is 1.08. The third kappa shape index (κ3) is 2.95. The van der Waals surface area contributed by atoms with Gasteiger partial charge < -0.3 is 10.4 Å². The highest BCUT2D eigenvalue weighted by Gasteiger charge is 2.58. The van der Waals surface area contributed by atoms with Crippen LogP contribution < -0.4 is 5.32 Å². The van der Waals surface area contributed by atoms with Crippen molar-refractivity contribution >= 4 is 23.5 Å². The molecule has 19 heavy (non-hydrogen) atoms. The van der Waals surface area contributed by atoms with Gasteiger partial charge in [-0.05, 0) is 13.0 Å². The summed E-state index contributed by atoms with van der Waals surface area (Å²) >= 11 is 5.59. The number of carboxylic acid groups (broad SMARTS) is 1. The lowest BCUT2D eigenvalue weighted by Gasteiger charge is -2.28. The summed E-state index contributed by atoms with van der Waals surface area (Å²) in [5.41, 5.74) is -3.70. The summed E-state index contributed by atoms with van der Waals surface area (Å²) in [7, 11) is 0. The fraction of sp³-hybridized carbons (Fsp3) is 0.300. The number of hydrogen-bond acceptors (Lipinski definition) is 3. The zero-order chi connectivity index (χ0) is 14.8. The zero-order valence-electron chi connectivity index (χ0n) is 9.45.